The number of carbonyl (C=O) groups excluding carboxylic acids is 1. The zero-order valence-electron chi connectivity index (χ0n) is 14.3. The lowest BCUT2D eigenvalue weighted by atomic mass is 9.92. The second-order valence-corrected chi connectivity index (χ2v) is 7.43. The van der Waals surface area contributed by atoms with E-state index >= 15 is 0 Å². The summed E-state index contributed by atoms with van der Waals surface area (Å²) in [4.78, 5) is 26.6. The van der Waals surface area contributed by atoms with Gasteiger partial charge in [-0.25, -0.2) is 0 Å². The lowest BCUT2D eigenvalue weighted by molar-refractivity contribution is -0.135. The van der Waals surface area contributed by atoms with Crippen molar-refractivity contribution in [3.8, 4) is 5.75 Å². The quantitative estimate of drug-likeness (QED) is 0.796. The van der Waals surface area contributed by atoms with Gasteiger partial charge < -0.3 is 14.2 Å². The van der Waals surface area contributed by atoms with E-state index in [0.29, 0.717) is 24.1 Å². The standard InChI is InChI=1S/C19H24N2O3/c1-12-7-16(10-18(22)20(12)2)24-15-5-6-21(11-15)19(23)17-9-13-3-4-14(17)8-13/h3-4,7,10,13-15,17H,5-6,8-9,11H2,1-2H3. The molecule has 128 valence electrons. The first-order valence-electron chi connectivity index (χ1n) is 8.82. The number of fused-ring (bicyclic) bond motifs is 2. The van der Waals surface area contributed by atoms with Crippen LogP contribution in [0.3, 0.4) is 0 Å². The van der Waals surface area contributed by atoms with Gasteiger partial charge >= 0.3 is 0 Å². The molecule has 1 saturated heterocycles. The highest BCUT2D eigenvalue weighted by Crippen LogP contribution is 2.44. The van der Waals surface area contributed by atoms with E-state index in [2.05, 4.69) is 12.2 Å². The van der Waals surface area contributed by atoms with Crippen molar-refractivity contribution in [1.29, 1.82) is 0 Å². The van der Waals surface area contributed by atoms with Gasteiger partial charge in [0, 0.05) is 37.7 Å². The Kier molecular flexibility index (Phi) is 3.74. The fourth-order valence-electron chi connectivity index (χ4n) is 4.32. The van der Waals surface area contributed by atoms with Crippen molar-refractivity contribution in [3.63, 3.8) is 0 Å². The van der Waals surface area contributed by atoms with Crippen LogP contribution >= 0.6 is 0 Å². The second kappa shape index (κ2) is 5.80. The van der Waals surface area contributed by atoms with E-state index in [4.69, 9.17) is 4.74 Å². The van der Waals surface area contributed by atoms with Gasteiger partial charge in [-0.1, -0.05) is 12.2 Å². The molecule has 1 aromatic heterocycles. The molecule has 4 rings (SSSR count). The maximum Gasteiger partial charge on any atom is 0.254 e. The molecule has 2 heterocycles. The summed E-state index contributed by atoms with van der Waals surface area (Å²) in [6.07, 6.45) is 7.46. The molecule has 1 aliphatic heterocycles. The van der Waals surface area contributed by atoms with Gasteiger partial charge in [-0.15, -0.1) is 0 Å². The first-order chi connectivity index (χ1) is 11.5. The molecule has 0 spiro atoms. The molecular formula is C19H24N2O3. The Morgan fingerprint density at radius 2 is 2.08 bits per heavy atom. The predicted molar refractivity (Wildman–Crippen MR) is 90.9 cm³/mol. The van der Waals surface area contributed by atoms with Gasteiger partial charge in [0.15, 0.2) is 0 Å². The lowest BCUT2D eigenvalue weighted by Gasteiger charge is -2.24. The summed E-state index contributed by atoms with van der Waals surface area (Å²) >= 11 is 0. The molecule has 5 nitrogen and oxygen atoms in total. The summed E-state index contributed by atoms with van der Waals surface area (Å²) < 4.78 is 7.57. The van der Waals surface area contributed by atoms with E-state index in [1.54, 1.807) is 11.6 Å². The first kappa shape index (κ1) is 15.5. The van der Waals surface area contributed by atoms with E-state index in [-0.39, 0.29) is 23.5 Å². The molecule has 4 unspecified atom stereocenters. The number of ether oxygens (including phenoxy) is 1. The molecule has 0 radical (unpaired) electrons. The van der Waals surface area contributed by atoms with Crippen LogP contribution < -0.4 is 10.3 Å². The highest BCUT2D eigenvalue weighted by Gasteiger charge is 2.42. The molecular weight excluding hydrogens is 304 g/mol. The van der Waals surface area contributed by atoms with Gasteiger partial charge in [-0.2, -0.15) is 0 Å². The molecule has 2 aliphatic carbocycles. The molecule has 2 bridgehead atoms. The predicted octanol–water partition coefficient (Wildman–Crippen LogP) is 1.89. The number of amides is 1. The number of pyridine rings is 1. The number of carbonyl (C=O) groups is 1. The van der Waals surface area contributed by atoms with E-state index in [0.717, 1.165) is 31.5 Å². The summed E-state index contributed by atoms with van der Waals surface area (Å²) in [6, 6.07) is 3.41. The van der Waals surface area contributed by atoms with Crippen LogP contribution in [0, 0.1) is 24.7 Å². The highest BCUT2D eigenvalue weighted by molar-refractivity contribution is 5.80. The van der Waals surface area contributed by atoms with Gasteiger partial charge in [-0.3, -0.25) is 9.59 Å². The molecule has 3 aliphatic rings. The summed E-state index contributed by atoms with van der Waals surface area (Å²) in [6.45, 7) is 3.27. The number of aryl methyl sites for hydroxylation is 1. The Labute approximate surface area is 141 Å². The van der Waals surface area contributed by atoms with Crippen LogP contribution in [0.4, 0.5) is 0 Å². The smallest absolute Gasteiger partial charge is 0.254 e. The van der Waals surface area contributed by atoms with Crippen molar-refractivity contribution in [2.45, 2.75) is 32.3 Å². The number of aromatic nitrogens is 1. The Morgan fingerprint density at radius 3 is 2.75 bits per heavy atom. The zero-order chi connectivity index (χ0) is 16.8. The Balaban J connectivity index is 1.39. The maximum absolute atomic E-state index is 12.8. The number of rotatable bonds is 3. The molecule has 1 aromatic rings. The van der Waals surface area contributed by atoms with Crippen molar-refractivity contribution in [1.82, 2.24) is 9.47 Å². The largest absolute Gasteiger partial charge is 0.488 e. The number of hydrogen-bond acceptors (Lipinski definition) is 3. The maximum atomic E-state index is 12.8. The molecule has 1 amide bonds. The van der Waals surface area contributed by atoms with Gasteiger partial charge in [0.25, 0.3) is 5.56 Å². The van der Waals surface area contributed by atoms with Gasteiger partial charge in [-0.05, 0) is 37.7 Å². The molecule has 2 fully saturated rings. The summed E-state index contributed by atoms with van der Waals surface area (Å²) in [7, 11) is 1.75. The lowest BCUT2D eigenvalue weighted by Crippen LogP contribution is -2.37. The number of nitrogens with zero attached hydrogens (tertiary/aromatic N) is 2. The minimum Gasteiger partial charge on any atom is -0.488 e. The molecule has 0 aromatic carbocycles. The topological polar surface area (TPSA) is 51.5 Å². The average molecular weight is 328 g/mol. The minimum absolute atomic E-state index is 0.0189. The van der Waals surface area contributed by atoms with Crippen molar-refractivity contribution in [2.24, 2.45) is 24.8 Å². The highest BCUT2D eigenvalue weighted by atomic mass is 16.5. The SMILES string of the molecule is Cc1cc(OC2CCN(C(=O)C3CC4C=CC3C4)C2)cc(=O)n1C. The number of hydrogen-bond donors (Lipinski definition) is 0. The van der Waals surface area contributed by atoms with E-state index in [9.17, 15) is 9.59 Å². The average Bonchev–Trinajstić information content (AvgIpc) is 3.28. The van der Waals surface area contributed by atoms with Crippen LogP contribution in [0.1, 0.15) is 25.0 Å². The van der Waals surface area contributed by atoms with Crippen LogP contribution in [0.15, 0.2) is 29.1 Å². The van der Waals surface area contributed by atoms with Crippen LogP contribution in [-0.2, 0) is 11.8 Å². The van der Waals surface area contributed by atoms with Crippen LogP contribution in [0.25, 0.3) is 0 Å². The van der Waals surface area contributed by atoms with E-state index in [1.807, 2.05) is 17.9 Å². The number of likely N-dealkylation sites (tertiary alicyclic amines) is 1. The third-order valence-electron chi connectivity index (χ3n) is 5.83. The number of allylic oxidation sites excluding steroid dienone is 2. The van der Waals surface area contributed by atoms with Crippen LogP contribution in [0.2, 0.25) is 0 Å². The van der Waals surface area contributed by atoms with Gasteiger partial charge in [0.05, 0.1) is 6.54 Å². The Bertz CT molecular complexity index is 751. The van der Waals surface area contributed by atoms with Crippen molar-refractivity contribution < 1.29 is 9.53 Å². The monoisotopic (exact) mass is 328 g/mol. The third-order valence-corrected chi connectivity index (χ3v) is 5.83. The molecule has 4 atom stereocenters. The van der Waals surface area contributed by atoms with Crippen molar-refractivity contribution in [3.05, 3.63) is 40.3 Å². The normalized spacial score (nSPS) is 31.0. The van der Waals surface area contributed by atoms with E-state index < -0.39 is 0 Å². The molecule has 5 heteroatoms. The summed E-state index contributed by atoms with van der Waals surface area (Å²) in [5.74, 6) is 2.13. The Morgan fingerprint density at radius 1 is 1.25 bits per heavy atom. The molecule has 1 saturated carbocycles. The third kappa shape index (κ3) is 2.66. The molecule has 24 heavy (non-hydrogen) atoms. The summed E-state index contributed by atoms with van der Waals surface area (Å²) in [5.41, 5.74) is 0.807. The van der Waals surface area contributed by atoms with Crippen LogP contribution in [0.5, 0.6) is 5.75 Å². The first-order valence-corrected chi connectivity index (χ1v) is 8.82. The fourth-order valence-corrected chi connectivity index (χ4v) is 4.32. The second-order valence-electron chi connectivity index (χ2n) is 7.43. The van der Waals surface area contributed by atoms with Gasteiger partial charge in [0.2, 0.25) is 5.91 Å². The summed E-state index contributed by atoms with van der Waals surface area (Å²) in [5, 5.41) is 0. The molecule has 0 N–H and O–H groups in total. The van der Waals surface area contributed by atoms with Crippen LogP contribution in [-0.4, -0.2) is 34.6 Å². The van der Waals surface area contributed by atoms with Gasteiger partial charge in [0.1, 0.15) is 11.9 Å². The van der Waals surface area contributed by atoms with E-state index in [1.165, 1.54) is 6.07 Å². The fraction of sp³-hybridized carbons (Fsp3) is 0.579. The van der Waals surface area contributed by atoms with Crippen molar-refractivity contribution >= 4 is 5.91 Å². The zero-order valence-corrected chi connectivity index (χ0v) is 14.3. The minimum atomic E-state index is -0.0651. The van der Waals surface area contributed by atoms with Crippen molar-refractivity contribution in [2.75, 3.05) is 13.1 Å². The Hall–Kier alpha value is -2.04.